The number of phenolic OH excluding ortho intramolecular Hbond substituents is 1. The molecule has 0 aromatic heterocycles. The number of phenols is 1. The van der Waals surface area contributed by atoms with E-state index >= 15 is 0 Å². The molecule has 0 aliphatic heterocycles. The van der Waals surface area contributed by atoms with Gasteiger partial charge in [-0.3, -0.25) is 9.59 Å². The molecule has 0 saturated heterocycles. The van der Waals surface area contributed by atoms with Crippen molar-refractivity contribution in [3.63, 3.8) is 0 Å². The van der Waals surface area contributed by atoms with E-state index in [9.17, 15) is 32.7 Å². The van der Waals surface area contributed by atoms with Gasteiger partial charge < -0.3 is 20.5 Å². The van der Waals surface area contributed by atoms with Crippen molar-refractivity contribution in [3.05, 3.63) is 71.4 Å². The molecule has 0 fully saturated rings. The third-order valence-electron chi connectivity index (χ3n) is 4.23. The molecular formula is C24H25F3N2O5. The Morgan fingerprint density at radius 3 is 2.12 bits per heavy atom. The zero-order valence-electron chi connectivity index (χ0n) is 18.8. The molecule has 182 valence electrons. The van der Waals surface area contributed by atoms with E-state index in [2.05, 4.69) is 5.32 Å². The highest BCUT2D eigenvalue weighted by Gasteiger charge is 2.40. The van der Waals surface area contributed by atoms with Gasteiger partial charge in [0, 0.05) is 6.42 Å². The zero-order valence-corrected chi connectivity index (χ0v) is 18.8. The third kappa shape index (κ3) is 8.61. The number of ether oxygens (including phenoxy) is 1. The van der Waals surface area contributed by atoms with E-state index in [1.807, 2.05) is 0 Å². The van der Waals surface area contributed by atoms with Crippen LogP contribution in [0.25, 0.3) is 6.08 Å². The molecule has 0 aliphatic rings. The predicted molar refractivity (Wildman–Crippen MR) is 118 cm³/mol. The van der Waals surface area contributed by atoms with E-state index < -0.39 is 41.3 Å². The van der Waals surface area contributed by atoms with Crippen LogP contribution in [0.1, 0.15) is 31.9 Å². The highest BCUT2D eigenvalue weighted by Crippen LogP contribution is 2.17. The molecule has 2 rings (SSSR count). The van der Waals surface area contributed by atoms with Crippen molar-refractivity contribution >= 4 is 23.9 Å². The molecule has 0 aliphatic carbocycles. The van der Waals surface area contributed by atoms with Gasteiger partial charge in [-0.1, -0.05) is 42.5 Å². The molecule has 0 spiro atoms. The summed E-state index contributed by atoms with van der Waals surface area (Å²) in [6, 6.07) is 12.4. The Hall–Kier alpha value is -3.82. The van der Waals surface area contributed by atoms with Gasteiger partial charge in [0.15, 0.2) is 0 Å². The number of carbonyl (C=O) groups is 3. The van der Waals surface area contributed by atoms with E-state index in [1.54, 1.807) is 44.3 Å². The maximum atomic E-state index is 12.9. The standard InChI is InChI=1S/C24H25F3N2O5/c1-23(2,3)34-21(32)19(14-16-9-11-17(30)12-10-16)28-20(31)18(29-22(33)24(25,26)27)13-15-7-5-4-6-8-15/h4-13,19,30H,14H2,1-3H3,(H,28,31)(H,29,33)/t19-/m0/s1. The lowest BCUT2D eigenvalue weighted by Crippen LogP contribution is -2.48. The lowest BCUT2D eigenvalue weighted by molar-refractivity contribution is -0.172. The predicted octanol–water partition coefficient (Wildman–Crippen LogP) is 3.48. The number of amides is 2. The number of hydrogen-bond donors (Lipinski definition) is 3. The fourth-order valence-corrected chi connectivity index (χ4v) is 2.74. The van der Waals surface area contributed by atoms with Crippen molar-refractivity contribution in [2.75, 3.05) is 0 Å². The largest absolute Gasteiger partial charge is 0.508 e. The smallest absolute Gasteiger partial charge is 0.471 e. The maximum absolute atomic E-state index is 12.9. The molecule has 0 unspecified atom stereocenters. The highest BCUT2D eigenvalue weighted by molar-refractivity contribution is 6.03. The number of hydrogen-bond acceptors (Lipinski definition) is 5. The number of alkyl halides is 3. The normalized spacial score (nSPS) is 13.1. The molecule has 0 saturated carbocycles. The quantitative estimate of drug-likeness (QED) is 0.418. The SMILES string of the molecule is CC(C)(C)OC(=O)[C@H](Cc1ccc(O)cc1)NC(=O)C(=Cc1ccccc1)NC(=O)C(F)(F)F. The van der Waals surface area contributed by atoms with E-state index in [0.717, 1.165) is 6.08 Å². The van der Waals surface area contributed by atoms with E-state index in [1.165, 1.54) is 36.4 Å². The Bertz CT molecular complexity index is 1040. The van der Waals surface area contributed by atoms with Gasteiger partial charge in [0.25, 0.3) is 5.91 Å². The summed E-state index contributed by atoms with van der Waals surface area (Å²) in [5, 5.41) is 13.4. The minimum atomic E-state index is -5.23. The lowest BCUT2D eigenvalue weighted by Gasteiger charge is -2.25. The molecular weight excluding hydrogens is 453 g/mol. The second kappa shape index (κ2) is 10.9. The van der Waals surface area contributed by atoms with Crippen LogP contribution in [0.5, 0.6) is 5.75 Å². The van der Waals surface area contributed by atoms with Crippen LogP contribution in [-0.2, 0) is 25.5 Å². The molecule has 0 radical (unpaired) electrons. The second-order valence-electron chi connectivity index (χ2n) is 8.35. The Labute approximate surface area is 194 Å². The van der Waals surface area contributed by atoms with Gasteiger partial charge in [0.05, 0.1) is 0 Å². The molecule has 10 heteroatoms. The Morgan fingerprint density at radius 2 is 1.59 bits per heavy atom. The summed E-state index contributed by atoms with van der Waals surface area (Å²) in [5.74, 6) is -4.28. The molecule has 3 N–H and O–H groups in total. The molecule has 2 aromatic rings. The Kier molecular flexibility index (Phi) is 8.45. The first kappa shape index (κ1) is 26.4. The van der Waals surface area contributed by atoms with Crippen LogP contribution in [0.3, 0.4) is 0 Å². The van der Waals surface area contributed by atoms with Crippen molar-refractivity contribution in [3.8, 4) is 5.75 Å². The molecule has 1 atom stereocenters. The van der Waals surface area contributed by atoms with Crippen LogP contribution in [0.2, 0.25) is 0 Å². The van der Waals surface area contributed by atoms with E-state index in [4.69, 9.17) is 4.74 Å². The van der Waals surface area contributed by atoms with Gasteiger partial charge in [-0.15, -0.1) is 0 Å². The van der Waals surface area contributed by atoms with E-state index in [0.29, 0.717) is 11.1 Å². The van der Waals surface area contributed by atoms with Crippen LogP contribution in [-0.4, -0.2) is 40.7 Å². The minimum Gasteiger partial charge on any atom is -0.508 e. The van der Waals surface area contributed by atoms with Crippen LogP contribution in [0.15, 0.2) is 60.3 Å². The van der Waals surface area contributed by atoms with Crippen LogP contribution < -0.4 is 10.6 Å². The maximum Gasteiger partial charge on any atom is 0.471 e. The third-order valence-corrected chi connectivity index (χ3v) is 4.23. The van der Waals surface area contributed by atoms with Gasteiger partial charge >= 0.3 is 18.1 Å². The molecule has 2 amide bonds. The molecule has 0 bridgehead atoms. The average Bonchev–Trinajstić information content (AvgIpc) is 2.73. The van der Waals surface area contributed by atoms with Gasteiger partial charge in [0.1, 0.15) is 23.1 Å². The number of benzene rings is 2. The van der Waals surface area contributed by atoms with Gasteiger partial charge in [0.2, 0.25) is 0 Å². The fourth-order valence-electron chi connectivity index (χ4n) is 2.74. The monoisotopic (exact) mass is 478 g/mol. The molecule has 2 aromatic carbocycles. The molecule has 7 nitrogen and oxygen atoms in total. The van der Waals surface area contributed by atoms with Crippen molar-refractivity contribution in [2.45, 2.75) is 45.0 Å². The fraction of sp³-hybridized carbons (Fsp3) is 0.292. The summed E-state index contributed by atoms with van der Waals surface area (Å²) in [6.45, 7) is 4.86. The van der Waals surface area contributed by atoms with Gasteiger partial charge in [-0.2, -0.15) is 13.2 Å². The number of nitrogens with one attached hydrogen (secondary N) is 2. The number of rotatable bonds is 7. The Morgan fingerprint density at radius 1 is 1.00 bits per heavy atom. The number of carbonyl (C=O) groups excluding carboxylic acids is 3. The first-order valence-corrected chi connectivity index (χ1v) is 10.2. The molecule has 34 heavy (non-hydrogen) atoms. The zero-order chi connectivity index (χ0) is 25.5. The summed E-state index contributed by atoms with van der Waals surface area (Å²) >= 11 is 0. The van der Waals surface area contributed by atoms with Crippen LogP contribution >= 0.6 is 0 Å². The topological polar surface area (TPSA) is 105 Å². The lowest BCUT2D eigenvalue weighted by atomic mass is 10.0. The van der Waals surface area contributed by atoms with Gasteiger partial charge in [-0.05, 0) is 50.1 Å². The van der Waals surface area contributed by atoms with Crippen molar-refractivity contribution in [2.24, 2.45) is 0 Å². The summed E-state index contributed by atoms with van der Waals surface area (Å²) in [7, 11) is 0. The minimum absolute atomic E-state index is 0.00968. The summed E-state index contributed by atoms with van der Waals surface area (Å²) < 4.78 is 43.9. The van der Waals surface area contributed by atoms with Gasteiger partial charge in [-0.25, -0.2) is 4.79 Å². The average molecular weight is 478 g/mol. The van der Waals surface area contributed by atoms with E-state index in [-0.39, 0.29) is 12.2 Å². The van der Waals surface area contributed by atoms with Crippen molar-refractivity contribution < 1.29 is 37.4 Å². The first-order chi connectivity index (χ1) is 15.7. The van der Waals surface area contributed by atoms with Crippen LogP contribution in [0, 0.1) is 0 Å². The highest BCUT2D eigenvalue weighted by atomic mass is 19.4. The number of halogens is 3. The summed E-state index contributed by atoms with van der Waals surface area (Å²) in [5.41, 5.74) is -0.709. The first-order valence-electron chi connectivity index (χ1n) is 10.2. The second-order valence-corrected chi connectivity index (χ2v) is 8.35. The Balaban J connectivity index is 2.36. The van der Waals surface area contributed by atoms with Crippen molar-refractivity contribution in [1.82, 2.24) is 10.6 Å². The summed E-state index contributed by atoms with van der Waals surface area (Å²) in [4.78, 5) is 37.2. The van der Waals surface area contributed by atoms with Crippen molar-refractivity contribution in [1.29, 1.82) is 0 Å². The number of esters is 1. The summed E-state index contributed by atoms with van der Waals surface area (Å²) in [6.07, 6.45) is -4.24. The van der Waals surface area contributed by atoms with Crippen LogP contribution in [0.4, 0.5) is 13.2 Å². The molecule has 0 heterocycles. The number of aromatic hydroxyl groups is 1.